The average molecular weight is 382 g/mol. The van der Waals surface area contributed by atoms with Gasteiger partial charge in [-0.25, -0.2) is 4.98 Å². The predicted octanol–water partition coefficient (Wildman–Crippen LogP) is 5.12. The van der Waals surface area contributed by atoms with Gasteiger partial charge in [-0.05, 0) is 30.7 Å². The number of fused-ring (bicyclic) bond motifs is 2. The normalized spacial score (nSPS) is 13.8. The summed E-state index contributed by atoms with van der Waals surface area (Å²) in [7, 11) is 1.95. The molecule has 26 heavy (non-hydrogen) atoms. The van der Waals surface area contributed by atoms with E-state index in [4.69, 9.17) is 0 Å². The molecule has 1 aliphatic heterocycles. The van der Waals surface area contributed by atoms with E-state index < -0.39 is 0 Å². The van der Waals surface area contributed by atoms with Crippen LogP contribution in [0.15, 0.2) is 75.9 Å². The van der Waals surface area contributed by atoms with Crippen molar-refractivity contribution in [1.82, 2.24) is 9.55 Å². The van der Waals surface area contributed by atoms with Crippen molar-refractivity contribution in [2.75, 3.05) is 4.90 Å². The lowest BCUT2D eigenvalue weighted by molar-refractivity contribution is -0.117. The number of benzene rings is 2. The highest BCUT2D eigenvalue weighted by Gasteiger charge is 2.32. The van der Waals surface area contributed by atoms with Crippen LogP contribution in [-0.4, -0.2) is 20.7 Å². The lowest BCUT2D eigenvalue weighted by Gasteiger charge is -2.33. The third kappa shape index (κ3) is 3.04. The van der Waals surface area contributed by atoms with Crippen LogP contribution in [0.1, 0.15) is 13.3 Å². The SMILES string of the molecule is CCC(Sc1nccn1C)C(=O)N1c2ccccc2Sc2ccccc21. The number of thioether (sulfide) groups is 1. The van der Waals surface area contributed by atoms with Gasteiger partial charge in [0.15, 0.2) is 5.16 Å². The number of hydrogen-bond acceptors (Lipinski definition) is 4. The topological polar surface area (TPSA) is 38.1 Å². The molecule has 1 aromatic heterocycles. The van der Waals surface area contributed by atoms with Crippen molar-refractivity contribution in [3.8, 4) is 0 Å². The summed E-state index contributed by atoms with van der Waals surface area (Å²) in [5, 5.41) is 0.665. The Morgan fingerprint density at radius 2 is 1.73 bits per heavy atom. The second-order valence-corrected chi connectivity index (χ2v) is 8.30. The fraction of sp³-hybridized carbons (Fsp3) is 0.200. The fourth-order valence-corrected chi connectivity index (χ4v) is 5.02. The molecule has 0 N–H and O–H groups in total. The van der Waals surface area contributed by atoms with E-state index in [1.54, 1.807) is 18.0 Å². The number of para-hydroxylation sites is 2. The van der Waals surface area contributed by atoms with Gasteiger partial charge in [-0.1, -0.05) is 54.7 Å². The van der Waals surface area contributed by atoms with E-state index >= 15 is 0 Å². The van der Waals surface area contributed by atoms with Crippen molar-refractivity contribution in [3.63, 3.8) is 0 Å². The first-order valence-electron chi connectivity index (χ1n) is 8.53. The minimum atomic E-state index is -0.194. The van der Waals surface area contributed by atoms with E-state index in [1.807, 2.05) is 59.1 Å². The van der Waals surface area contributed by atoms with Gasteiger partial charge in [-0.2, -0.15) is 0 Å². The molecule has 2 heterocycles. The van der Waals surface area contributed by atoms with Crippen LogP contribution in [0.3, 0.4) is 0 Å². The minimum absolute atomic E-state index is 0.0979. The Balaban J connectivity index is 1.74. The van der Waals surface area contributed by atoms with E-state index in [1.165, 1.54) is 11.8 Å². The molecule has 0 radical (unpaired) electrons. The van der Waals surface area contributed by atoms with E-state index in [0.717, 1.165) is 32.7 Å². The fourth-order valence-electron chi connectivity index (χ4n) is 2.99. The summed E-state index contributed by atoms with van der Waals surface area (Å²) < 4.78 is 1.95. The number of hydrogen-bond donors (Lipinski definition) is 0. The van der Waals surface area contributed by atoms with Crippen LogP contribution in [0.25, 0.3) is 0 Å². The summed E-state index contributed by atoms with van der Waals surface area (Å²) >= 11 is 3.24. The molecule has 3 aromatic rings. The standard InChI is InChI=1S/C20H19N3OS2/c1-3-16(26-20-21-12-13-22(20)2)19(24)23-14-8-4-6-10-17(14)25-18-11-7-5-9-15(18)23/h4-13,16H,3H2,1-2H3. The third-order valence-corrected chi connectivity index (χ3v) is 6.88. The lowest BCUT2D eigenvalue weighted by Crippen LogP contribution is -2.35. The number of anilines is 2. The van der Waals surface area contributed by atoms with E-state index in [2.05, 4.69) is 24.0 Å². The molecule has 1 aliphatic rings. The molecule has 132 valence electrons. The molecule has 2 aromatic carbocycles. The summed E-state index contributed by atoms with van der Waals surface area (Å²) in [5.74, 6) is 0.0979. The second-order valence-electron chi connectivity index (χ2n) is 6.05. The number of aryl methyl sites for hydroxylation is 1. The number of amides is 1. The maximum atomic E-state index is 13.6. The molecule has 1 unspecified atom stereocenters. The summed E-state index contributed by atoms with van der Waals surface area (Å²) in [5.41, 5.74) is 1.92. The Hall–Kier alpha value is -2.18. The quantitative estimate of drug-likeness (QED) is 0.588. The van der Waals surface area contributed by atoms with Gasteiger partial charge in [0.25, 0.3) is 0 Å². The molecule has 0 aliphatic carbocycles. The lowest BCUT2D eigenvalue weighted by atomic mass is 10.2. The first-order chi connectivity index (χ1) is 12.7. The smallest absolute Gasteiger partial charge is 0.245 e. The van der Waals surface area contributed by atoms with Crippen LogP contribution >= 0.6 is 23.5 Å². The molecule has 0 fully saturated rings. The zero-order valence-corrected chi connectivity index (χ0v) is 16.3. The number of aromatic nitrogens is 2. The molecule has 0 saturated carbocycles. The number of nitrogens with zero attached hydrogens (tertiary/aromatic N) is 3. The van der Waals surface area contributed by atoms with E-state index in [9.17, 15) is 4.79 Å². The van der Waals surface area contributed by atoms with Crippen LogP contribution in [0.4, 0.5) is 11.4 Å². The summed E-state index contributed by atoms with van der Waals surface area (Å²) in [4.78, 5) is 22.0. The van der Waals surface area contributed by atoms with Crippen LogP contribution in [0, 0.1) is 0 Å². The Bertz CT molecular complexity index is 908. The predicted molar refractivity (Wildman–Crippen MR) is 107 cm³/mol. The first kappa shape index (κ1) is 17.2. The Kier molecular flexibility index (Phi) is 4.78. The van der Waals surface area contributed by atoms with Crippen molar-refractivity contribution in [2.45, 2.75) is 33.5 Å². The van der Waals surface area contributed by atoms with Crippen molar-refractivity contribution in [1.29, 1.82) is 0 Å². The summed E-state index contributed by atoms with van der Waals surface area (Å²) in [6, 6.07) is 16.2. The van der Waals surface area contributed by atoms with Gasteiger partial charge in [0.05, 0.1) is 16.6 Å². The highest BCUT2D eigenvalue weighted by molar-refractivity contribution is 8.00. The molecule has 4 rings (SSSR count). The zero-order valence-electron chi connectivity index (χ0n) is 14.6. The van der Waals surface area contributed by atoms with Crippen molar-refractivity contribution in [3.05, 3.63) is 60.9 Å². The molecule has 0 saturated heterocycles. The van der Waals surface area contributed by atoms with Gasteiger partial charge < -0.3 is 4.57 Å². The number of rotatable bonds is 4. The maximum absolute atomic E-state index is 13.6. The summed E-state index contributed by atoms with van der Waals surface area (Å²) in [6.07, 6.45) is 4.41. The van der Waals surface area contributed by atoms with Gasteiger partial charge in [0.2, 0.25) is 5.91 Å². The van der Waals surface area contributed by atoms with Gasteiger partial charge in [0.1, 0.15) is 0 Å². The van der Waals surface area contributed by atoms with Gasteiger partial charge in [0, 0.05) is 29.2 Å². The third-order valence-electron chi connectivity index (χ3n) is 4.32. The highest BCUT2D eigenvalue weighted by atomic mass is 32.2. The highest BCUT2D eigenvalue weighted by Crippen LogP contribution is 2.48. The number of carbonyl (C=O) groups excluding carboxylic acids is 1. The monoisotopic (exact) mass is 381 g/mol. The second kappa shape index (κ2) is 7.21. The van der Waals surface area contributed by atoms with Gasteiger partial charge in [-0.15, -0.1) is 0 Å². The molecular formula is C20H19N3OS2. The van der Waals surface area contributed by atoms with Gasteiger partial charge in [-0.3, -0.25) is 9.69 Å². The Morgan fingerprint density at radius 3 is 2.27 bits per heavy atom. The van der Waals surface area contributed by atoms with Crippen molar-refractivity contribution >= 4 is 40.8 Å². The maximum Gasteiger partial charge on any atom is 0.245 e. The molecule has 0 bridgehead atoms. The van der Waals surface area contributed by atoms with E-state index in [0.29, 0.717) is 0 Å². The molecule has 6 heteroatoms. The minimum Gasteiger partial charge on any atom is -0.329 e. The molecular weight excluding hydrogens is 362 g/mol. The molecule has 1 amide bonds. The number of carbonyl (C=O) groups is 1. The van der Waals surface area contributed by atoms with Crippen LogP contribution in [0.2, 0.25) is 0 Å². The average Bonchev–Trinajstić information content (AvgIpc) is 3.08. The Morgan fingerprint density at radius 1 is 1.12 bits per heavy atom. The molecule has 1 atom stereocenters. The molecule has 4 nitrogen and oxygen atoms in total. The summed E-state index contributed by atoms with van der Waals surface area (Å²) in [6.45, 7) is 2.05. The largest absolute Gasteiger partial charge is 0.329 e. The van der Waals surface area contributed by atoms with Crippen molar-refractivity contribution in [2.24, 2.45) is 7.05 Å². The van der Waals surface area contributed by atoms with E-state index in [-0.39, 0.29) is 11.2 Å². The van der Waals surface area contributed by atoms with Crippen LogP contribution < -0.4 is 4.90 Å². The first-order valence-corrected chi connectivity index (χ1v) is 10.2. The van der Waals surface area contributed by atoms with Crippen LogP contribution in [0.5, 0.6) is 0 Å². The van der Waals surface area contributed by atoms with Crippen LogP contribution in [-0.2, 0) is 11.8 Å². The van der Waals surface area contributed by atoms with Crippen molar-refractivity contribution < 1.29 is 4.79 Å². The number of imidazole rings is 1. The van der Waals surface area contributed by atoms with Gasteiger partial charge >= 0.3 is 0 Å². The zero-order chi connectivity index (χ0) is 18.1. The molecule has 0 spiro atoms. The Labute approximate surface area is 161 Å².